The molecule has 2 aromatic carbocycles. The number of Topliss-reactive ketones (excluding diaryl/α,β-unsaturated/α-hetero) is 1. The van der Waals surface area contributed by atoms with Crippen LogP contribution in [0.5, 0.6) is 5.75 Å². The first-order chi connectivity index (χ1) is 11.5. The molecule has 0 aliphatic carbocycles. The van der Waals surface area contributed by atoms with Gasteiger partial charge in [-0.3, -0.25) is 9.59 Å². The van der Waals surface area contributed by atoms with Crippen molar-refractivity contribution >= 4 is 17.4 Å². The summed E-state index contributed by atoms with van der Waals surface area (Å²) in [5, 5.41) is 0. The molecule has 0 fully saturated rings. The number of nitrogen functional groups attached to an aromatic ring is 1. The first kappa shape index (κ1) is 17.5. The zero-order chi connectivity index (χ0) is 17.5. The monoisotopic (exact) mass is 326 g/mol. The molecule has 24 heavy (non-hydrogen) atoms. The van der Waals surface area contributed by atoms with Crippen LogP contribution in [0.4, 0.5) is 5.69 Å². The third-order valence-electron chi connectivity index (χ3n) is 3.69. The van der Waals surface area contributed by atoms with E-state index in [1.807, 2.05) is 30.3 Å². The van der Waals surface area contributed by atoms with Gasteiger partial charge in [0, 0.05) is 25.6 Å². The predicted octanol–water partition coefficient (Wildman–Crippen LogP) is 2.90. The number of benzene rings is 2. The molecular formula is C19H22N2O3. The number of ketones is 1. The zero-order valence-corrected chi connectivity index (χ0v) is 14.0. The summed E-state index contributed by atoms with van der Waals surface area (Å²) in [6.45, 7) is 2.21. The Morgan fingerprint density at radius 2 is 1.83 bits per heavy atom. The molecule has 1 amide bonds. The lowest BCUT2D eigenvalue weighted by Gasteiger charge is -2.18. The third-order valence-corrected chi connectivity index (χ3v) is 3.69. The average Bonchev–Trinajstić information content (AvgIpc) is 2.60. The summed E-state index contributed by atoms with van der Waals surface area (Å²) in [4.78, 5) is 25.4. The summed E-state index contributed by atoms with van der Waals surface area (Å²) in [5.74, 6) is 0.281. The van der Waals surface area contributed by atoms with Crippen LogP contribution >= 0.6 is 0 Å². The fraction of sp³-hybridized carbons (Fsp3) is 0.263. The molecule has 0 atom stereocenters. The summed E-state index contributed by atoms with van der Waals surface area (Å²) < 4.78 is 5.50. The lowest BCUT2D eigenvalue weighted by Crippen LogP contribution is -2.31. The molecule has 2 aromatic rings. The molecule has 0 aliphatic rings. The Balaban J connectivity index is 1.92. The lowest BCUT2D eigenvalue weighted by atomic mass is 10.1. The molecule has 126 valence electrons. The number of carbonyl (C=O) groups is 2. The van der Waals surface area contributed by atoms with Crippen molar-refractivity contribution in [3.8, 4) is 5.75 Å². The van der Waals surface area contributed by atoms with Gasteiger partial charge >= 0.3 is 0 Å². The maximum atomic E-state index is 12.2. The van der Waals surface area contributed by atoms with Crippen molar-refractivity contribution in [2.75, 3.05) is 19.4 Å². The van der Waals surface area contributed by atoms with Gasteiger partial charge in [0.15, 0.2) is 12.4 Å². The van der Waals surface area contributed by atoms with Gasteiger partial charge in [-0.25, -0.2) is 0 Å². The second-order valence-electron chi connectivity index (χ2n) is 5.55. The Kier molecular flexibility index (Phi) is 5.95. The van der Waals surface area contributed by atoms with Crippen LogP contribution in [0, 0.1) is 0 Å². The van der Waals surface area contributed by atoms with Crippen LogP contribution in [0.15, 0.2) is 48.5 Å². The summed E-state index contributed by atoms with van der Waals surface area (Å²) in [6, 6.07) is 14.6. The van der Waals surface area contributed by atoms with Crippen LogP contribution in [0.3, 0.4) is 0 Å². The van der Waals surface area contributed by atoms with Crippen molar-refractivity contribution in [3.63, 3.8) is 0 Å². The maximum absolute atomic E-state index is 12.2. The molecule has 0 spiro atoms. The highest BCUT2D eigenvalue weighted by Gasteiger charge is 2.12. The highest BCUT2D eigenvalue weighted by atomic mass is 16.5. The van der Waals surface area contributed by atoms with Gasteiger partial charge in [-0.1, -0.05) is 37.3 Å². The van der Waals surface area contributed by atoms with E-state index in [-0.39, 0.29) is 18.3 Å². The SMILES string of the molecule is CCC(=O)c1ccc(OCC(=O)N(C)Cc2ccccc2)c(N)c1. The van der Waals surface area contributed by atoms with Crippen LogP contribution in [0.1, 0.15) is 29.3 Å². The summed E-state index contributed by atoms with van der Waals surface area (Å²) in [7, 11) is 1.73. The van der Waals surface area contributed by atoms with E-state index in [1.165, 1.54) is 0 Å². The number of ether oxygens (including phenoxy) is 1. The van der Waals surface area contributed by atoms with Crippen molar-refractivity contribution in [1.82, 2.24) is 4.90 Å². The van der Waals surface area contributed by atoms with Gasteiger partial charge in [-0.2, -0.15) is 0 Å². The molecule has 0 saturated heterocycles. The lowest BCUT2D eigenvalue weighted by molar-refractivity contribution is -0.132. The van der Waals surface area contributed by atoms with Crippen LogP contribution in [0.25, 0.3) is 0 Å². The van der Waals surface area contributed by atoms with E-state index >= 15 is 0 Å². The average molecular weight is 326 g/mol. The van der Waals surface area contributed by atoms with Crippen LogP contribution < -0.4 is 10.5 Å². The number of hydrogen-bond acceptors (Lipinski definition) is 4. The number of rotatable bonds is 7. The van der Waals surface area contributed by atoms with Gasteiger partial charge < -0.3 is 15.4 Å². The fourth-order valence-electron chi connectivity index (χ4n) is 2.25. The van der Waals surface area contributed by atoms with Gasteiger partial charge in [-0.15, -0.1) is 0 Å². The fourth-order valence-corrected chi connectivity index (χ4v) is 2.25. The van der Waals surface area contributed by atoms with E-state index < -0.39 is 0 Å². The minimum Gasteiger partial charge on any atom is -0.482 e. The molecule has 5 nitrogen and oxygen atoms in total. The number of hydrogen-bond donors (Lipinski definition) is 1. The molecule has 0 bridgehead atoms. The van der Waals surface area contributed by atoms with E-state index in [9.17, 15) is 9.59 Å². The molecule has 2 rings (SSSR count). The molecular weight excluding hydrogens is 304 g/mol. The van der Waals surface area contributed by atoms with Crippen molar-refractivity contribution in [2.24, 2.45) is 0 Å². The van der Waals surface area contributed by atoms with E-state index in [2.05, 4.69) is 0 Å². The quantitative estimate of drug-likeness (QED) is 0.627. The smallest absolute Gasteiger partial charge is 0.260 e. The van der Waals surface area contributed by atoms with Gasteiger partial charge in [0.2, 0.25) is 0 Å². The number of likely N-dealkylation sites (N-methyl/N-ethyl adjacent to an activating group) is 1. The van der Waals surface area contributed by atoms with Gasteiger partial charge in [0.05, 0.1) is 5.69 Å². The standard InChI is InChI=1S/C19H22N2O3/c1-3-17(22)15-9-10-18(16(20)11-15)24-13-19(23)21(2)12-14-7-5-4-6-8-14/h4-11H,3,12-13,20H2,1-2H3. The van der Waals surface area contributed by atoms with Crippen LogP contribution in [-0.4, -0.2) is 30.2 Å². The first-order valence-electron chi connectivity index (χ1n) is 7.84. The minimum atomic E-state index is -0.146. The number of anilines is 1. The largest absolute Gasteiger partial charge is 0.482 e. The molecule has 0 aliphatic heterocycles. The van der Waals surface area contributed by atoms with Crippen molar-refractivity contribution in [2.45, 2.75) is 19.9 Å². The number of carbonyl (C=O) groups excluding carboxylic acids is 2. The van der Waals surface area contributed by atoms with Crippen LogP contribution in [-0.2, 0) is 11.3 Å². The summed E-state index contributed by atoms with van der Waals surface area (Å²) in [5.41, 5.74) is 7.85. The minimum absolute atomic E-state index is 0.0203. The van der Waals surface area contributed by atoms with Crippen molar-refractivity contribution in [1.29, 1.82) is 0 Å². The van der Waals surface area contributed by atoms with Gasteiger partial charge in [0.25, 0.3) is 5.91 Å². The molecule has 0 radical (unpaired) electrons. The summed E-state index contributed by atoms with van der Waals surface area (Å²) in [6.07, 6.45) is 0.419. The molecule has 0 heterocycles. The number of nitrogens with two attached hydrogens (primary N) is 1. The maximum Gasteiger partial charge on any atom is 0.260 e. The van der Waals surface area contributed by atoms with Crippen molar-refractivity contribution < 1.29 is 14.3 Å². The molecule has 0 unspecified atom stereocenters. The van der Waals surface area contributed by atoms with Crippen LogP contribution in [0.2, 0.25) is 0 Å². The van der Waals surface area contributed by atoms with E-state index in [1.54, 1.807) is 37.1 Å². The first-order valence-corrected chi connectivity index (χ1v) is 7.84. The zero-order valence-electron chi connectivity index (χ0n) is 14.0. The molecule has 2 N–H and O–H groups in total. The van der Waals surface area contributed by atoms with E-state index in [0.29, 0.717) is 30.0 Å². The Labute approximate surface area is 142 Å². The highest BCUT2D eigenvalue weighted by Crippen LogP contribution is 2.23. The Morgan fingerprint density at radius 1 is 1.12 bits per heavy atom. The normalized spacial score (nSPS) is 10.2. The number of amides is 1. The Morgan fingerprint density at radius 3 is 2.46 bits per heavy atom. The Hall–Kier alpha value is -2.82. The topological polar surface area (TPSA) is 72.6 Å². The van der Waals surface area contributed by atoms with E-state index in [0.717, 1.165) is 5.56 Å². The second-order valence-corrected chi connectivity index (χ2v) is 5.55. The van der Waals surface area contributed by atoms with Gasteiger partial charge in [0.1, 0.15) is 5.75 Å². The second kappa shape index (κ2) is 8.15. The predicted molar refractivity (Wildman–Crippen MR) is 93.9 cm³/mol. The molecule has 0 saturated carbocycles. The summed E-state index contributed by atoms with van der Waals surface area (Å²) >= 11 is 0. The molecule has 0 aromatic heterocycles. The Bertz CT molecular complexity index is 714. The highest BCUT2D eigenvalue weighted by molar-refractivity contribution is 5.97. The molecule has 5 heteroatoms. The number of nitrogens with zero attached hydrogens (tertiary/aromatic N) is 1. The van der Waals surface area contributed by atoms with Crippen molar-refractivity contribution in [3.05, 3.63) is 59.7 Å². The van der Waals surface area contributed by atoms with Gasteiger partial charge in [-0.05, 0) is 23.8 Å². The van der Waals surface area contributed by atoms with E-state index in [4.69, 9.17) is 10.5 Å². The third kappa shape index (κ3) is 4.59.